The van der Waals surface area contributed by atoms with E-state index in [0.717, 1.165) is 34.3 Å². The molecule has 0 radical (unpaired) electrons. The van der Waals surface area contributed by atoms with Crippen LogP contribution < -0.4 is 5.32 Å². The summed E-state index contributed by atoms with van der Waals surface area (Å²) in [7, 11) is 0. The molecule has 0 aliphatic carbocycles. The zero-order valence-electron chi connectivity index (χ0n) is 12.0. The van der Waals surface area contributed by atoms with Crippen LogP contribution in [0.5, 0.6) is 0 Å². The van der Waals surface area contributed by atoms with Crippen molar-refractivity contribution in [2.75, 3.05) is 11.1 Å². The second kappa shape index (κ2) is 5.24. The van der Waals surface area contributed by atoms with Crippen molar-refractivity contribution < 1.29 is 4.39 Å². The number of benzene rings is 1. The highest BCUT2D eigenvalue weighted by atomic mass is 32.2. The van der Waals surface area contributed by atoms with E-state index in [1.54, 1.807) is 22.3 Å². The zero-order valence-corrected chi connectivity index (χ0v) is 12.8. The fourth-order valence-electron chi connectivity index (χ4n) is 2.67. The normalized spacial score (nSPS) is 17.5. The quantitative estimate of drug-likeness (QED) is 0.787. The highest BCUT2D eigenvalue weighted by Gasteiger charge is 2.21. The molecule has 2 aromatic heterocycles. The van der Waals surface area contributed by atoms with Gasteiger partial charge in [0.05, 0.1) is 6.04 Å². The number of nitrogens with one attached hydrogen (secondary N) is 1. The lowest BCUT2D eigenvalue weighted by Crippen LogP contribution is -2.17. The Hall–Kier alpha value is -2.15. The molecule has 3 heterocycles. The first-order valence-electron chi connectivity index (χ1n) is 7.08. The van der Waals surface area contributed by atoms with Gasteiger partial charge in [0.25, 0.3) is 0 Å². The Bertz CT molecular complexity index is 847. The van der Waals surface area contributed by atoms with E-state index in [1.165, 1.54) is 6.07 Å². The van der Waals surface area contributed by atoms with E-state index in [-0.39, 0.29) is 11.9 Å². The Morgan fingerprint density at radius 2 is 2.18 bits per heavy atom. The molecule has 3 aromatic rings. The van der Waals surface area contributed by atoms with Gasteiger partial charge in [0, 0.05) is 10.6 Å². The largest absolute Gasteiger partial charge is 0.362 e. The highest BCUT2D eigenvalue weighted by molar-refractivity contribution is 7.99. The molecule has 0 saturated heterocycles. The van der Waals surface area contributed by atoms with Crippen LogP contribution in [-0.2, 0) is 0 Å². The maximum absolute atomic E-state index is 13.6. The molecule has 4 rings (SSSR count). The number of thioether (sulfide) groups is 1. The Labute approximate surface area is 130 Å². The van der Waals surface area contributed by atoms with Crippen molar-refractivity contribution in [3.05, 3.63) is 47.5 Å². The van der Waals surface area contributed by atoms with Gasteiger partial charge in [-0.25, -0.2) is 4.39 Å². The number of hydrogen-bond donors (Lipinski definition) is 1. The summed E-state index contributed by atoms with van der Waals surface area (Å²) in [6.45, 7) is 1.86. The number of halogens is 1. The maximum Gasteiger partial charge on any atom is 0.178 e. The molecular formula is C15H14FN5S. The summed E-state index contributed by atoms with van der Waals surface area (Å²) in [5, 5.41) is 15.9. The van der Waals surface area contributed by atoms with Crippen molar-refractivity contribution in [2.24, 2.45) is 0 Å². The Morgan fingerprint density at radius 3 is 3.09 bits per heavy atom. The number of fused-ring (bicyclic) bond motifs is 2. The summed E-state index contributed by atoms with van der Waals surface area (Å²) in [5.41, 5.74) is 1.72. The first-order valence-corrected chi connectivity index (χ1v) is 8.07. The molecule has 5 nitrogen and oxygen atoms in total. The van der Waals surface area contributed by atoms with Gasteiger partial charge in [0.2, 0.25) is 0 Å². The van der Waals surface area contributed by atoms with Crippen LogP contribution in [0.15, 0.2) is 35.2 Å². The molecule has 22 heavy (non-hydrogen) atoms. The molecule has 1 N–H and O–H groups in total. The van der Waals surface area contributed by atoms with Crippen LogP contribution in [0.3, 0.4) is 0 Å². The second-order valence-electron chi connectivity index (χ2n) is 5.25. The van der Waals surface area contributed by atoms with Crippen LogP contribution in [0.25, 0.3) is 5.65 Å². The average molecular weight is 315 g/mol. The lowest BCUT2D eigenvalue weighted by Gasteiger charge is -2.26. The molecule has 1 aliphatic heterocycles. The molecule has 1 atom stereocenters. The van der Waals surface area contributed by atoms with E-state index in [9.17, 15) is 4.39 Å². The molecular weight excluding hydrogens is 301 g/mol. The molecule has 7 heteroatoms. The van der Waals surface area contributed by atoms with Crippen LogP contribution in [0.4, 0.5) is 10.2 Å². The van der Waals surface area contributed by atoms with Gasteiger partial charge in [0.15, 0.2) is 11.5 Å². The van der Waals surface area contributed by atoms with Gasteiger partial charge >= 0.3 is 0 Å². The Kier molecular flexibility index (Phi) is 3.22. The summed E-state index contributed by atoms with van der Waals surface area (Å²) in [6.07, 6.45) is 0.933. The topological polar surface area (TPSA) is 55.1 Å². The number of aryl methyl sites for hydroxylation is 1. The lowest BCUT2D eigenvalue weighted by atomic mass is 10.0. The smallest absolute Gasteiger partial charge is 0.178 e. The van der Waals surface area contributed by atoms with Gasteiger partial charge in [0.1, 0.15) is 11.6 Å². The molecule has 112 valence electrons. The number of aromatic nitrogens is 4. The monoisotopic (exact) mass is 315 g/mol. The third kappa shape index (κ3) is 2.31. The molecule has 0 fully saturated rings. The van der Waals surface area contributed by atoms with Gasteiger partial charge < -0.3 is 5.32 Å². The van der Waals surface area contributed by atoms with Gasteiger partial charge in [-0.15, -0.1) is 27.1 Å². The summed E-state index contributed by atoms with van der Waals surface area (Å²) in [5.74, 6) is 2.28. The van der Waals surface area contributed by atoms with Crippen molar-refractivity contribution >= 4 is 23.2 Å². The SMILES string of the molecule is Cc1nnc2ccc(NC3CCSc4ccc(F)cc43)nn12. The van der Waals surface area contributed by atoms with Gasteiger partial charge in [-0.05, 0) is 49.2 Å². The van der Waals surface area contributed by atoms with Crippen LogP contribution in [0, 0.1) is 12.7 Å². The average Bonchev–Trinajstić information content (AvgIpc) is 2.89. The van der Waals surface area contributed by atoms with Crippen molar-refractivity contribution in [3.63, 3.8) is 0 Å². The third-order valence-corrected chi connectivity index (χ3v) is 4.87. The second-order valence-corrected chi connectivity index (χ2v) is 6.39. The summed E-state index contributed by atoms with van der Waals surface area (Å²) in [4.78, 5) is 1.13. The lowest BCUT2D eigenvalue weighted by molar-refractivity contribution is 0.615. The fraction of sp³-hybridized carbons (Fsp3) is 0.267. The van der Waals surface area contributed by atoms with E-state index in [4.69, 9.17) is 0 Å². The van der Waals surface area contributed by atoms with Gasteiger partial charge in [-0.2, -0.15) is 4.52 Å². The predicted octanol–water partition coefficient (Wildman–Crippen LogP) is 3.22. The van der Waals surface area contributed by atoms with Crippen LogP contribution in [-0.4, -0.2) is 25.6 Å². The minimum Gasteiger partial charge on any atom is -0.362 e. The van der Waals surface area contributed by atoms with Crippen LogP contribution in [0.1, 0.15) is 23.9 Å². The fourth-order valence-corrected chi connectivity index (χ4v) is 3.77. The molecule has 0 saturated carbocycles. The van der Waals surface area contributed by atoms with E-state index in [2.05, 4.69) is 20.6 Å². The van der Waals surface area contributed by atoms with Crippen molar-refractivity contribution in [2.45, 2.75) is 24.3 Å². The number of anilines is 1. The van der Waals surface area contributed by atoms with Crippen molar-refractivity contribution in [1.82, 2.24) is 19.8 Å². The van der Waals surface area contributed by atoms with E-state index in [0.29, 0.717) is 5.65 Å². The predicted molar refractivity (Wildman–Crippen MR) is 83.6 cm³/mol. The van der Waals surface area contributed by atoms with Gasteiger partial charge in [-0.3, -0.25) is 0 Å². The minimum atomic E-state index is -0.203. The maximum atomic E-state index is 13.6. The number of nitrogens with zero attached hydrogens (tertiary/aromatic N) is 4. The van der Waals surface area contributed by atoms with Crippen molar-refractivity contribution in [1.29, 1.82) is 0 Å². The standard InChI is InChI=1S/C15H14FN5S/c1-9-18-19-15-5-4-14(20-21(9)15)17-12-6-7-22-13-3-2-10(16)8-11(12)13/h2-5,8,12H,6-7H2,1H3,(H,17,20). The summed E-state index contributed by atoms with van der Waals surface area (Å²) >= 11 is 1.77. The summed E-state index contributed by atoms with van der Waals surface area (Å²) < 4.78 is 15.3. The molecule has 1 aromatic carbocycles. The van der Waals surface area contributed by atoms with E-state index < -0.39 is 0 Å². The Balaban J connectivity index is 1.68. The Morgan fingerprint density at radius 1 is 1.27 bits per heavy atom. The van der Waals surface area contributed by atoms with Crippen molar-refractivity contribution in [3.8, 4) is 0 Å². The first-order chi connectivity index (χ1) is 10.7. The molecule has 0 bridgehead atoms. The van der Waals surface area contributed by atoms with Crippen LogP contribution >= 0.6 is 11.8 Å². The first kappa shape index (κ1) is 13.5. The van der Waals surface area contributed by atoms with Crippen LogP contribution in [0.2, 0.25) is 0 Å². The molecule has 0 spiro atoms. The molecule has 1 unspecified atom stereocenters. The summed E-state index contributed by atoms with van der Waals surface area (Å²) in [6, 6.07) is 8.79. The molecule has 1 aliphatic rings. The minimum absolute atomic E-state index is 0.0636. The number of rotatable bonds is 2. The molecule has 0 amide bonds. The zero-order chi connectivity index (χ0) is 15.1. The van der Waals surface area contributed by atoms with E-state index in [1.807, 2.05) is 25.1 Å². The third-order valence-electron chi connectivity index (χ3n) is 3.75. The highest BCUT2D eigenvalue weighted by Crippen LogP contribution is 2.37. The van der Waals surface area contributed by atoms with Gasteiger partial charge in [-0.1, -0.05) is 0 Å². The number of hydrogen-bond acceptors (Lipinski definition) is 5. The van der Waals surface area contributed by atoms with E-state index >= 15 is 0 Å².